The van der Waals surface area contributed by atoms with E-state index < -0.39 is 11.6 Å². The van der Waals surface area contributed by atoms with Gasteiger partial charge in [0.05, 0.1) is 6.61 Å². The van der Waals surface area contributed by atoms with Gasteiger partial charge in [0, 0.05) is 6.42 Å². The molecule has 0 aromatic rings. The lowest BCUT2D eigenvalue weighted by Gasteiger charge is -2.28. The first kappa shape index (κ1) is 13.1. The lowest BCUT2D eigenvalue weighted by molar-refractivity contribution is -0.172. The topological polar surface area (TPSA) is 63.6 Å². The molecule has 82 valence electrons. The Hall–Kier alpha value is -0.900. The molecule has 0 aromatic heterocycles. The molecule has 0 amide bonds. The first-order chi connectivity index (χ1) is 6.34. The maximum atomic E-state index is 11.4. The van der Waals surface area contributed by atoms with Crippen LogP contribution in [-0.2, 0) is 14.3 Å². The lowest BCUT2D eigenvalue weighted by Crippen LogP contribution is -2.46. The van der Waals surface area contributed by atoms with E-state index in [9.17, 15) is 14.7 Å². The van der Waals surface area contributed by atoms with Gasteiger partial charge in [-0.25, -0.2) is 4.79 Å². The van der Waals surface area contributed by atoms with Crippen molar-refractivity contribution in [2.24, 2.45) is 5.92 Å². The van der Waals surface area contributed by atoms with Gasteiger partial charge in [-0.2, -0.15) is 0 Å². The molecule has 0 fully saturated rings. The maximum absolute atomic E-state index is 11.4. The summed E-state index contributed by atoms with van der Waals surface area (Å²) in [5.74, 6) is -1.29. The Balaban J connectivity index is 4.70. The fraction of sp³-hybridized carbons (Fsp3) is 0.800. The average molecular weight is 202 g/mol. The third-order valence-corrected chi connectivity index (χ3v) is 2.10. The van der Waals surface area contributed by atoms with E-state index in [1.165, 1.54) is 6.92 Å². The van der Waals surface area contributed by atoms with E-state index >= 15 is 0 Å². The van der Waals surface area contributed by atoms with Crippen LogP contribution in [0.1, 0.15) is 34.1 Å². The summed E-state index contributed by atoms with van der Waals surface area (Å²) in [6, 6.07) is 0. The number of aliphatic hydroxyl groups is 1. The fourth-order valence-corrected chi connectivity index (χ4v) is 1.15. The summed E-state index contributed by atoms with van der Waals surface area (Å²) in [6.07, 6.45) is -0.191. The van der Waals surface area contributed by atoms with Crippen LogP contribution in [0.4, 0.5) is 0 Å². The first-order valence-corrected chi connectivity index (χ1v) is 4.73. The standard InChI is InChI=1S/C10H18O4/c1-5-14-9(12)10(13,7(2)3)6-8(4)11/h7,13H,5-6H2,1-4H3. The van der Waals surface area contributed by atoms with Gasteiger partial charge >= 0.3 is 5.97 Å². The second-order valence-corrected chi connectivity index (χ2v) is 3.68. The Morgan fingerprint density at radius 1 is 1.43 bits per heavy atom. The van der Waals surface area contributed by atoms with E-state index in [4.69, 9.17) is 4.74 Å². The first-order valence-electron chi connectivity index (χ1n) is 4.73. The van der Waals surface area contributed by atoms with Gasteiger partial charge in [-0.1, -0.05) is 13.8 Å². The zero-order valence-corrected chi connectivity index (χ0v) is 9.16. The Bertz CT molecular complexity index is 222. The highest BCUT2D eigenvalue weighted by Crippen LogP contribution is 2.23. The molecule has 4 heteroatoms. The molecule has 0 spiro atoms. The van der Waals surface area contributed by atoms with Crippen molar-refractivity contribution in [1.29, 1.82) is 0 Å². The molecule has 0 heterocycles. The smallest absolute Gasteiger partial charge is 0.338 e. The number of ether oxygens (including phenoxy) is 1. The number of Topliss-reactive ketones (excluding diaryl/α,β-unsaturated/α-hetero) is 1. The minimum atomic E-state index is -1.68. The Kier molecular flexibility index (Phi) is 4.77. The molecule has 0 bridgehead atoms. The monoisotopic (exact) mass is 202 g/mol. The van der Waals surface area contributed by atoms with E-state index in [1.807, 2.05) is 0 Å². The molecular formula is C10H18O4. The molecule has 0 aromatic carbocycles. The number of hydrogen-bond acceptors (Lipinski definition) is 4. The van der Waals surface area contributed by atoms with Gasteiger partial charge < -0.3 is 9.84 Å². The molecule has 14 heavy (non-hydrogen) atoms. The highest BCUT2D eigenvalue weighted by atomic mass is 16.5. The van der Waals surface area contributed by atoms with E-state index in [2.05, 4.69) is 0 Å². The molecular weight excluding hydrogens is 184 g/mol. The number of ketones is 1. The van der Waals surface area contributed by atoms with Crippen molar-refractivity contribution in [1.82, 2.24) is 0 Å². The van der Waals surface area contributed by atoms with Gasteiger partial charge in [-0.05, 0) is 19.8 Å². The number of hydrogen-bond donors (Lipinski definition) is 1. The van der Waals surface area contributed by atoms with Crippen molar-refractivity contribution >= 4 is 11.8 Å². The van der Waals surface area contributed by atoms with E-state index in [0.29, 0.717) is 0 Å². The predicted octanol–water partition coefficient (Wildman–Crippen LogP) is 0.916. The highest BCUT2D eigenvalue weighted by Gasteiger charge is 2.41. The van der Waals surface area contributed by atoms with Crippen LogP contribution >= 0.6 is 0 Å². The SMILES string of the molecule is CCOC(=O)C(O)(CC(C)=O)C(C)C. The van der Waals surface area contributed by atoms with Crippen molar-refractivity contribution in [3.05, 3.63) is 0 Å². The van der Waals surface area contributed by atoms with Gasteiger partial charge in [-0.15, -0.1) is 0 Å². The normalized spacial score (nSPS) is 15.0. The van der Waals surface area contributed by atoms with Crippen LogP contribution < -0.4 is 0 Å². The number of esters is 1. The summed E-state index contributed by atoms with van der Waals surface area (Å²) < 4.78 is 4.73. The second-order valence-electron chi connectivity index (χ2n) is 3.68. The van der Waals surface area contributed by atoms with Gasteiger partial charge in [0.15, 0.2) is 5.60 Å². The van der Waals surface area contributed by atoms with E-state index in [-0.39, 0.29) is 24.7 Å². The summed E-state index contributed by atoms with van der Waals surface area (Å²) >= 11 is 0. The number of carbonyl (C=O) groups is 2. The molecule has 1 unspecified atom stereocenters. The molecule has 0 aliphatic heterocycles. The van der Waals surface area contributed by atoms with Crippen molar-refractivity contribution < 1.29 is 19.4 Å². The highest BCUT2D eigenvalue weighted by molar-refractivity contribution is 5.87. The maximum Gasteiger partial charge on any atom is 0.338 e. The fourth-order valence-electron chi connectivity index (χ4n) is 1.15. The van der Waals surface area contributed by atoms with Crippen LogP contribution in [0.15, 0.2) is 0 Å². The van der Waals surface area contributed by atoms with Crippen molar-refractivity contribution in [3.8, 4) is 0 Å². The van der Waals surface area contributed by atoms with Crippen LogP contribution in [0.2, 0.25) is 0 Å². The van der Waals surface area contributed by atoms with Gasteiger partial charge in [0.1, 0.15) is 5.78 Å². The van der Waals surface area contributed by atoms with Crippen LogP contribution in [0.3, 0.4) is 0 Å². The Labute approximate surface area is 84.3 Å². The third kappa shape index (κ3) is 3.10. The van der Waals surface area contributed by atoms with Crippen LogP contribution in [0, 0.1) is 5.92 Å². The quantitative estimate of drug-likeness (QED) is 0.673. The lowest BCUT2D eigenvalue weighted by atomic mass is 9.86. The molecule has 0 aliphatic rings. The zero-order chi connectivity index (χ0) is 11.4. The van der Waals surface area contributed by atoms with Crippen LogP contribution in [0.25, 0.3) is 0 Å². The summed E-state index contributed by atoms with van der Waals surface area (Å²) in [6.45, 7) is 6.56. The molecule has 0 aliphatic carbocycles. The van der Waals surface area contributed by atoms with Crippen LogP contribution in [0.5, 0.6) is 0 Å². The molecule has 0 saturated heterocycles. The van der Waals surface area contributed by atoms with Crippen molar-refractivity contribution in [2.45, 2.75) is 39.7 Å². The van der Waals surface area contributed by atoms with E-state index in [0.717, 1.165) is 0 Å². The largest absolute Gasteiger partial charge is 0.464 e. The second kappa shape index (κ2) is 5.10. The Morgan fingerprint density at radius 2 is 1.93 bits per heavy atom. The van der Waals surface area contributed by atoms with Gasteiger partial charge in [0.2, 0.25) is 0 Å². The Morgan fingerprint density at radius 3 is 2.21 bits per heavy atom. The number of rotatable bonds is 5. The van der Waals surface area contributed by atoms with Crippen LogP contribution in [-0.4, -0.2) is 29.1 Å². The van der Waals surface area contributed by atoms with Crippen molar-refractivity contribution in [3.63, 3.8) is 0 Å². The molecule has 1 atom stereocenters. The molecule has 0 rings (SSSR count). The average Bonchev–Trinajstić information content (AvgIpc) is 2.02. The van der Waals surface area contributed by atoms with E-state index in [1.54, 1.807) is 20.8 Å². The van der Waals surface area contributed by atoms with Gasteiger partial charge in [0.25, 0.3) is 0 Å². The summed E-state index contributed by atoms with van der Waals surface area (Å²) in [4.78, 5) is 22.3. The summed E-state index contributed by atoms with van der Waals surface area (Å²) in [7, 11) is 0. The molecule has 0 radical (unpaired) electrons. The minimum absolute atomic E-state index is 0.191. The summed E-state index contributed by atoms with van der Waals surface area (Å²) in [5, 5.41) is 9.96. The molecule has 1 N–H and O–H groups in total. The zero-order valence-electron chi connectivity index (χ0n) is 9.16. The minimum Gasteiger partial charge on any atom is -0.464 e. The molecule has 0 saturated carbocycles. The predicted molar refractivity (Wildman–Crippen MR) is 51.7 cm³/mol. The van der Waals surface area contributed by atoms with Gasteiger partial charge in [-0.3, -0.25) is 4.79 Å². The van der Waals surface area contributed by atoms with Crippen molar-refractivity contribution in [2.75, 3.05) is 6.61 Å². The summed E-state index contributed by atoms with van der Waals surface area (Å²) in [5.41, 5.74) is -1.68. The molecule has 4 nitrogen and oxygen atoms in total. The number of carbonyl (C=O) groups excluding carboxylic acids is 2. The third-order valence-electron chi connectivity index (χ3n) is 2.10.